The molecule has 6 fully saturated rings. The fraction of sp³-hybridized carbons (Fsp3) is 0.400. The molecule has 0 atom stereocenters. The Balaban J connectivity index is 0.000000894. The summed E-state index contributed by atoms with van der Waals surface area (Å²) < 4.78 is 93.4. The standard InChI is InChI=1S/C64H56O12.8C2H6/c1-9-25-49(26-10-1)41-57-65-58(42-50-27-11-2-12-28-50)68-61(45-53-33-17-5-18-34-53)70-59(66-57,43-51-29-13-3-14-30-51)72-63(47-55-37-21-7-22-38-55)73-60(67-57,44-52-31-15-4-16-32-52)71-62(69-58,46-54-35-19-6-20-36-54)75-64(74-61,76-63)48-56-39-23-8-24-40-56;8*1-2/h1-40H,41-48H2;8*1-2H3. The van der Waals surface area contributed by atoms with Gasteiger partial charge in [0.25, 0.3) is 47.8 Å². The van der Waals surface area contributed by atoms with Gasteiger partial charge in [-0.3, -0.25) is 56.8 Å². The summed E-state index contributed by atoms with van der Waals surface area (Å²) in [6, 6.07) is 77.7. The summed E-state index contributed by atoms with van der Waals surface area (Å²) >= 11 is 0. The Bertz CT molecular complexity index is 2470. The summed E-state index contributed by atoms with van der Waals surface area (Å²) in [7, 11) is 0. The summed E-state index contributed by atoms with van der Waals surface area (Å²) in [4.78, 5) is 0. The predicted molar refractivity (Wildman–Crippen MR) is 367 cm³/mol. The first kappa shape index (κ1) is 76.0. The van der Waals surface area contributed by atoms with Crippen LogP contribution in [0.25, 0.3) is 0 Å². The monoisotopic (exact) mass is 1260 g/mol. The lowest BCUT2D eigenvalue weighted by atomic mass is 10.0. The molecule has 0 radical (unpaired) electrons. The Kier molecular flexibility index (Phi) is 30.8. The third kappa shape index (κ3) is 19.7. The van der Waals surface area contributed by atoms with Gasteiger partial charge in [0.1, 0.15) is 0 Å². The number of benzene rings is 8. The average Bonchev–Trinajstić information content (AvgIpc) is 0.685. The van der Waals surface area contributed by atoms with E-state index in [9.17, 15) is 0 Å². The zero-order valence-corrected chi connectivity index (χ0v) is 57.6. The molecule has 8 bridgehead atoms. The molecule has 6 saturated heterocycles. The Morgan fingerprint density at radius 3 is 0.293 bits per heavy atom. The smallest absolute Gasteiger partial charge is 0.269 e. The molecule has 6 aliphatic heterocycles. The highest BCUT2D eigenvalue weighted by Crippen LogP contribution is 2.60. The molecule has 0 aromatic heterocycles. The van der Waals surface area contributed by atoms with Crippen molar-refractivity contribution >= 4 is 0 Å². The molecule has 8 aromatic carbocycles. The molecule has 0 spiro atoms. The molecule has 0 saturated carbocycles. The van der Waals surface area contributed by atoms with Crippen molar-refractivity contribution in [2.75, 3.05) is 0 Å². The highest BCUT2D eigenvalue weighted by atomic mass is 17.2. The fourth-order valence-corrected chi connectivity index (χ4v) is 11.0. The van der Waals surface area contributed by atoms with Gasteiger partial charge < -0.3 is 0 Å². The van der Waals surface area contributed by atoms with Gasteiger partial charge in [0.05, 0.1) is 51.4 Å². The van der Waals surface area contributed by atoms with Crippen molar-refractivity contribution in [1.82, 2.24) is 0 Å². The number of hydrogen-bond acceptors (Lipinski definition) is 12. The molecule has 12 nitrogen and oxygen atoms in total. The van der Waals surface area contributed by atoms with Crippen LogP contribution in [0.1, 0.15) is 155 Å². The number of hydrogen-bond donors (Lipinski definition) is 0. The van der Waals surface area contributed by atoms with Crippen LogP contribution >= 0.6 is 0 Å². The topological polar surface area (TPSA) is 111 Å². The first-order valence-electron chi connectivity index (χ1n) is 33.8. The van der Waals surface area contributed by atoms with Crippen LogP contribution in [0.5, 0.6) is 0 Å². The summed E-state index contributed by atoms with van der Waals surface area (Å²) in [6.45, 7) is 32.0. The van der Waals surface area contributed by atoms with Crippen molar-refractivity contribution in [1.29, 1.82) is 0 Å². The highest BCUT2D eigenvalue weighted by Gasteiger charge is 2.77. The van der Waals surface area contributed by atoms with E-state index in [2.05, 4.69) is 0 Å². The van der Waals surface area contributed by atoms with Crippen LogP contribution in [-0.2, 0) is 108 Å². The van der Waals surface area contributed by atoms with E-state index in [1.807, 2.05) is 353 Å². The van der Waals surface area contributed by atoms with Crippen LogP contribution in [0.3, 0.4) is 0 Å². The van der Waals surface area contributed by atoms with Crippen molar-refractivity contribution in [2.24, 2.45) is 0 Å². The lowest BCUT2D eigenvalue weighted by Crippen LogP contribution is -2.81. The molecule has 0 aliphatic carbocycles. The molecule has 0 unspecified atom stereocenters. The van der Waals surface area contributed by atoms with E-state index in [0.29, 0.717) is 0 Å². The van der Waals surface area contributed by atoms with Gasteiger partial charge in [-0.2, -0.15) is 0 Å². The van der Waals surface area contributed by atoms with Crippen LogP contribution < -0.4 is 0 Å². The van der Waals surface area contributed by atoms with Gasteiger partial charge in [-0.15, -0.1) is 0 Å². The average molecular weight is 1260 g/mol. The first-order valence-corrected chi connectivity index (χ1v) is 33.8. The van der Waals surface area contributed by atoms with E-state index >= 15 is 0 Å². The Morgan fingerprint density at radius 2 is 0.217 bits per heavy atom. The molecule has 92 heavy (non-hydrogen) atoms. The first-order chi connectivity index (χ1) is 45.1. The second kappa shape index (κ2) is 37.2. The van der Waals surface area contributed by atoms with E-state index in [1.54, 1.807) is 0 Å². The Morgan fingerprint density at radius 1 is 0.141 bits per heavy atom. The minimum Gasteiger partial charge on any atom is -0.269 e. The molecule has 12 heteroatoms. The molecule has 6 aliphatic rings. The maximum Gasteiger partial charge on any atom is 0.299 e. The summed E-state index contributed by atoms with van der Waals surface area (Å²) in [5.41, 5.74) is 5.94. The zero-order chi connectivity index (χ0) is 67.0. The quantitative estimate of drug-likeness (QED) is 0.0918. The fourth-order valence-electron chi connectivity index (χ4n) is 11.0. The van der Waals surface area contributed by atoms with E-state index in [0.717, 1.165) is 44.5 Å². The molecule has 8 aromatic rings. The van der Waals surface area contributed by atoms with Crippen molar-refractivity contribution in [2.45, 2.75) is 210 Å². The summed E-state index contributed by atoms with van der Waals surface area (Å²) in [5, 5.41) is 0. The third-order valence-electron chi connectivity index (χ3n) is 13.8. The van der Waals surface area contributed by atoms with Crippen molar-refractivity contribution in [3.05, 3.63) is 287 Å². The van der Waals surface area contributed by atoms with Gasteiger partial charge in [0.15, 0.2) is 0 Å². The second-order valence-electron chi connectivity index (χ2n) is 20.0. The lowest BCUT2D eigenvalue weighted by molar-refractivity contribution is -0.790. The highest BCUT2D eigenvalue weighted by molar-refractivity contribution is 5.25. The summed E-state index contributed by atoms with van der Waals surface area (Å²) in [6.07, 6.45) is -0.943. The molecule has 0 N–H and O–H groups in total. The number of rotatable bonds is 16. The van der Waals surface area contributed by atoms with Gasteiger partial charge in [0, 0.05) is 0 Å². The van der Waals surface area contributed by atoms with E-state index < -0.39 is 47.8 Å². The maximum absolute atomic E-state index is 7.78. The van der Waals surface area contributed by atoms with E-state index in [1.165, 1.54) is 0 Å². The van der Waals surface area contributed by atoms with E-state index in [4.69, 9.17) is 56.8 Å². The molecule has 6 heterocycles. The van der Waals surface area contributed by atoms with E-state index in [-0.39, 0.29) is 51.4 Å². The molecular weight excluding hydrogens is 1150 g/mol. The van der Waals surface area contributed by atoms with Gasteiger partial charge >= 0.3 is 0 Å². The lowest BCUT2D eigenvalue weighted by Gasteiger charge is -2.66. The maximum atomic E-state index is 7.78. The zero-order valence-electron chi connectivity index (χ0n) is 57.6. The van der Waals surface area contributed by atoms with Gasteiger partial charge in [0.2, 0.25) is 0 Å². The second-order valence-corrected chi connectivity index (χ2v) is 20.0. The van der Waals surface area contributed by atoms with Crippen molar-refractivity contribution < 1.29 is 56.8 Å². The van der Waals surface area contributed by atoms with Crippen molar-refractivity contribution in [3.63, 3.8) is 0 Å². The SMILES string of the molecule is CC.CC.CC.CC.CC.CC.CC.CC.c1ccc(CC23OC4(Cc5ccccc5)OC5(Cc6ccccc6)OC(Cc6ccccc6)(O2)OC2(Cc6ccccc6)OC(Cc6ccccc6)(O3)OC(Cc3ccccc3)(O4)OC(Cc3ccccc3)(O5)O2)cc1. The minimum absolute atomic E-state index is 0.118. The van der Waals surface area contributed by atoms with Crippen LogP contribution in [0.4, 0.5) is 0 Å². The molecule has 0 amide bonds. The van der Waals surface area contributed by atoms with Gasteiger partial charge in [-0.25, -0.2) is 0 Å². The Labute approximate surface area is 551 Å². The van der Waals surface area contributed by atoms with Crippen LogP contribution in [-0.4, -0.2) is 47.8 Å². The van der Waals surface area contributed by atoms with Gasteiger partial charge in [-0.1, -0.05) is 353 Å². The summed E-state index contributed by atoms with van der Waals surface area (Å²) in [5.74, 6) is -18.7. The number of ether oxygens (including phenoxy) is 12. The largest absolute Gasteiger partial charge is 0.299 e. The molecule has 496 valence electrons. The third-order valence-corrected chi connectivity index (χ3v) is 13.8. The van der Waals surface area contributed by atoms with Crippen LogP contribution in [0.2, 0.25) is 0 Å². The predicted octanol–water partition coefficient (Wildman–Crippen LogP) is 19.6. The molecular formula is C80H104O12. The normalized spacial score (nSPS) is 26.4. The van der Waals surface area contributed by atoms with Crippen LogP contribution in [0, 0.1) is 0 Å². The van der Waals surface area contributed by atoms with Crippen LogP contribution in [0.15, 0.2) is 243 Å². The Hall–Kier alpha value is -6.72. The van der Waals surface area contributed by atoms with Crippen molar-refractivity contribution in [3.8, 4) is 0 Å². The molecule has 14 rings (SSSR count). The minimum atomic E-state index is -2.34. The van der Waals surface area contributed by atoms with Gasteiger partial charge in [-0.05, 0) is 44.5 Å².